The van der Waals surface area contributed by atoms with Crippen molar-refractivity contribution in [2.75, 3.05) is 0 Å². The monoisotopic (exact) mass is 304 g/mol. The van der Waals surface area contributed by atoms with E-state index in [1.165, 1.54) is 0 Å². The van der Waals surface area contributed by atoms with Crippen molar-refractivity contribution in [1.29, 1.82) is 0 Å². The van der Waals surface area contributed by atoms with E-state index >= 15 is 0 Å². The summed E-state index contributed by atoms with van der Waals surface area (Å²) in [5.74, 6) is 0. The van der Waals surface area contributed by atoms with Gasteiger partial charge in [-0.05, 0) is 0 Å². The van der Waals surface area contributed by atoms with Gasteiger partial charge in [-0.3, -0.25) is 0 Å². The molecule has 0 aliphatic carbocycles. The van der Waals surface area contributed by atoms with Crippen LogP contribution in [0, 0.1) is 0 Å². The third-order valence-corrected chi connectivity index (χ3v) is 27.7. The molecule has 0 aliphatic heterocycles. The summed E-state index contributed by atoms with van der Waals surface area (Å²) >= 11 is 32.9. The zero-order valence-electron chi connectivity index (χ0n) is 3.66. The van der Waals surface area contributed by atoms with E-state index in [1.54, 1.807) is 0 Å². The minimum atomic E-state index is -2.81. The molecule has 0 aliphatic rings. The summed E-state index contributed by atoms with van der Waals surface area (Å²) < 4.78 is 0. The summed E-state index contributed by atoms with van der Waals surface area (Å²) in [6.45, 7) is -1.28. The average Bonchev–Trinajstić information content (AvgIpc) is 1.62. The van der Waals surface area contributed by atoms with Gasteiger partial charge in [0.15, 0.2) is 0 Å². The van der Waals surface area contributed by atoms with Crippen LogP contribution in [0.25, 0.3) is 0 Å². The molecule has 0 fully saturated rings. The Balaban J connectivity index is 3.88. The molecule has 58 valence electrons. The number of halogens is 6. The molecule has 0 aromatic rings. The first-order valence-electron chi connectivity index (χ1n) is 1.50. The third-order valence-electron chi connectivity index (χ3n) is 0.342. The number of hydrogen-bond acceptors (Lipinski definition) is 0. The fraction of sp³-hybridized carbons (Fsp3) is 0. The van der Waals surface area contributed by atoms with Crippen LogP contribution in [0.4, 0.5) is 0 Å². The van der Waals surface area contributed by atoms with E-state index in [2.05, 4.69) is 0 Å². The molecule has 0 rings (SSSR count). The first-order chi connectivity index (χ1) is 3.85. The van der Waals surface area contributed by atoms with E-state index in [-0.39, 0.29) is 0 Å². The summed E-state index contributed by atoms with van der Waals surface area (Å²) in [6, 6.07) is 0. The van der Waals surface area contributed by atoms with Gasteiger partial charge >= 0.3 is 85.4 Å². The van der Waals surface area contributed by atoms with Gasteiger partial charge in [0.25, 0.3) is 0 Å². The Morgan fingerprint density at radius 1 is 0.889 bits per heavy atom. The molecular weight excluding hydrogens is 306 g/mol. The van der Waals surface area contributed by atoms with Crippen molar-refractivity contribution in [2.45, 2.75) is 0 Å². The maximum atomic E-state index is 5.59. The van der Waals surface area contributed by atoms with Crippen LogP contribution in [-0.4, -0.2) is 0 Å². The van der Waals surface area contributed by atoms with Crippen molar-refractivity contribution >= 4 is 85.4 Å². The Labute approximate surface area is 84.8 Å². The van der Waals surface area contributed by atoms with Crippen molar-refractivity contribution < 1.29 is 0 Å². The molecule has 0 spiro atoms. The van der Waals surface area contributed by atoms with Crippen LogP contribution >= 0.6 is 85.4 Å². The van der Waals surface area contributed by atoms with E-state index in [4.69, 9.17) is 67.4 Å². The average molecular weight is 307 g/mol. The predicted octanol–water partition coefficient (Wildman–Crippen LogP) is 6.45. The van der Waals surface area contributed by atoms with Crippen LogP contribution in [0.5, 0.6) is 0 Å². The van der Waals surface area contributed by atoms with Gasteiger partial charge in [0.05, 0.1) is 0 Å². The first-order valence-corrected chi connectivity index (χ1v) is 13.5. The number of hydrogen-bond donors (Lipinski definition) is 0. The van der Waals surface area contributed by atoms with Gasteiger partial charge in [-0.2, -0.15) is 0 Å². The topological polar surface area (TPSA) is 0 Å². The summed E-state index contributed by atoms with van der Waals surface area (Å²) in [6.07, 6.45) is -1.31. The first kappa shape index (κ1) is 12.0. The van der Waals surface area contributed by atoms with Crippen LogP contribution in [-0.2, 0) is 0 Å². The van der Waals surface area contributed by atoms with Crippen molar-refractivity contribution in [1.82, 2.24) is 0 Å². The SMILES string of the molecule is ClP(Cl)P(Cl)[PH](Cl)(Cl)Cl. The standard InChI is InChI=1S/Cl6HP3/c1-7(2)8(3)9(4,5)6/h9H. The Morgan fingerprint density at radius 2 is 1.22 bits per heavy atom. The second kappa shape index (κ2) is 4.91. The summed E-state index contributed by atoms with van der Waals surface area (Å²) in [5, 5.41) is -2.81. The van der Waals surface area contributed by atoms with Crippen molar-refractivity contribution in [3.63, 3.8) is 0 Å². The van der Waals surface area contributed by atoms with Gasteiger partial charge in [0, 0.05) is 0 Å². The molecule has 1 unspecified atom stereocenters. The molecule has 0 radical (unpaired) electrons. The van der Waals surface area contributed by atoms with Gasteiger partial charge in [-0.25, -0.2) is 0 Å². The normalized spacial score (nSPS) is 18.1. The van der Waals surface area contributed by atoms with Gasteiger partial charge in [0.2, 0.25) is 0 Å². The second-order valence-corrected chi connectivity index (χ2v) is 25.5. The van der Waals surface area contributed by atoms with Gasteiger partial charge < -0.3 is 0 Å². The molecule has 9 heavy (non-hydrogen) atoms. The van der Waals surface area contributed by atoms with Crippen LogP contribution in [0.3, 0.4) is 0 Å². The Bertz CT molecular complexity index is 82.8. The van der Waals surface area contributed by atoms with E-state index in [1.807, 2.05) is 0 Å². The third kappa shape index (κ3) is 5.30. The van der Waals surface area contributed by atoms with Crippen LogP contribution in [0.1, 0.15) is 0 Å². The Hall–Kier alpha value is 3.03. The zero-order chi connectivity index (χ0) is 7.65. The molecule has 0 aromatic heterocycles. The zero-order valence-corrected chi connectivity index (χ0v) is 11.0. The molecule has 1 atom stereocenters. The summed E-state index contributed by atoms with van der Waals surface area (Å²) in [4.78, 5) is 0. The molecule has 0 amide bonds. The van der Waals surface area contributed by atoms with Crippen molar-refractivity contribution in [3.05, 3.63) is 0 Å². The molecule has 9 heteroatoms. The molecule has 0 N–H and O–H groups in total. The van der Waals surface area contributed by atoms with Crippen LogP contribution in [0.15, 0.2) is 0 Å². The minimum absolute atomic E-state index is 1.28. The van der Waals surface area contributed by atoms with Crippen molar-refractivity contribution in [3.8, 4) is 0 Å². The fourth-order valence-electron chi connectivity index (χ4n) is 0.0857. The predicted molar refractivity (Wildman–Crippen MR) is 57.3 cm³/mol. The summed E-state index contributed by atoms with van der Waals surface area (Å²) in [7, 11) is 0. The summed E-state index contributed by atoms with van der Waals surface area (Å²) in [5.41, 5.74) is 0. The van der Waals surface area contributed by atoms with Gasteiger partial charge in [-0.1, -0.05) is 0 Å². The molecule has 0 saturated heterocycles. The van der Waals surface area contributed by atoms with Gasteiger partial charge in [0.1, 0.15) is 0 Å². The van der Waals surface area contributed by atoms with E-state index in [9.17, 15) is 0 Å². The Kier molecular flexibility index (Phi) is 6.57. The van der Waals surface area contributed by atoms with E-state index in [0.717, 1.165) is 0 Å². The fourth-order valence-corrected chi connectivity index (χ4v) is 20.8. The molecule has 0 saturated carbocycles. The van der Waals surface area contributed by atoms with E-state index < -0.39 is 18.0 Å². The van der Waals surface area contributed by atoms with Crippen LogP contribution in [0.2, 0.25) is 0 Å². The molecule has 0 bridgehead atoms. The number of rotatable bonds is 2. The maximum absolute atomic E-state index is 5.59. The quantitative estimate of drug-likeness (QED) is 0.514. The molecule has 0 aromatic carbocycles. The van der Waals surface area contributed by atoms with Crippen molar-refractivity contribution in [2.24, 2.45) is 0 Å². The van der Waals surface area contributed by atoms with E-state index in [0.29, 0.717) is 0 Å². The van der Waals surface area contributed by atoms with Gasteiger partial charge in [-0.15, -0.1) is 0 Å². The molecule has 0 nitrogen and oxygen atoms in total. The van der Waals surface area contributed by atoms with Crippen LogP contribution < -0.4 is 0 Å². The molecular formula is HCl6P3. The molecule has 0 heterocycles. The second-order valence-electron chi connectivity index (χ2n) is 0.943. The Morgan fingerprint density at radius 3 is 1.22 bits per heavy atom.